The largest absolute Gasteiger partial charge is 0.508 e. The lowest BCUT2D eigenvalue weighted by Gasteiger charge is -2.16. The highest BCUT2D eigenvalue weighted by atomic mass is 16.6. The molecule has 1 aliphatic carbocycles. The number of nitrogens with one attached hydrogen (secondary N) is 1. The molecule has 0 aliphatic heterocycles. The van der Waals surface area contributed by atoms with Crippen LogP contribution in [-0.4, -0.2) is 10.0 Å². The SMILES string of the molecule is O=[N+]([O-])C1=C(Nc2cccc(O)c2)CCCC1. The van der Waals surface area contributed by atoms with Crippen LogP contribution in [0, 0.1) is 10.1 Å². The molecule has 90 valence electrons. The lowest BCUT2D eigenvalue weighted by Crippen LogP contribution is -2.13. The third-order valence-corrected chi connectivity index (χ3v) is 2.80. The molecule has 0 saturated carbocycles. The van der Waals surface area contributed by atoms with E-state index in [1.807, 2.05) is 0 Å². The first-order valence-electron chi connectivity index (χ1n) is 5.59. The molecule has 17 heavy (non-hydrogen) atoms. The fourth-order valence-electron chi connectivity index (χ4n) is 1.98. The molecule has 1 aromatic carbocycles. The number of aromatic hydroxyl groups is 1. The first-order chi connectivity index (χ1) is 8.16. The summed E-state index contributed by atoms with van der Waals surface area (Å²) in [7, 11) is 0. The Hall–Kier alpha value is -2.04. The average molecular weight is 234 g/mol. The van der Waals surface area contributed by atoms with Crippen LogP contribution in [0.4, 0.5) is 5.69 Å². The minimum Gasteiger partial charge on any atom is -0.508 e. The van der Waals surface area contributed by atoms with E-state index in [1.54, 1.807) is 24.3 Å². The van der Waals surface area contributed by atoms with E-state index < -0.39 is 0 Å². The number of hydrogen-bond donors (Lipinski definition) is 2. The topological polar surface area (TPSA) is 75.4 Å². The van der Waals surface area contributed by atoms with E-state index in [0.29, 0.717) is 24.2 Å². The van der Waals surface area contributed by atoms with Crippen LogP contribution in [0.2, 0.25) is 0 Å². The van der Waals surface area contributed by atoms with Gasteiger partial charge in [0, 0.05) is 18.2 Å². The standard InChI is InChI=1S/C12H14N2O3/c15-10-5-3-4-9(8-10)13-11-6-1-2-7-12(11)14(16)17/h3-5,8,13,15H,1-2,6-7H2. The monoisotopic (exact) mass is 234 g/mol. The second-order valence-corrected chi connectivity index (χ2v) is 4.06. The van der Waals surface area contributed by atoms with Crippen LogP contribution in [0.25, 0.3) is 0 Å². The van der Waals surface area contributed by atoms with Crippen molar-refractivity contribution in [1.29, 1.82) is 0 Å². The van der Waals surface area contributed by atoms with Crippen molar-refractivity contribution in [3.8, 4) is 5.75 Å². The zero-order chi connectivity index (χ0) is 12.3. The summed E-state index contributed by atoms with van der Waals surface area (Å²) in [6.07, 6.45) is 3.01. The van der Waals surface area contributed by atoms with Gasteiger partial charge in [0.05, 0.1) is 10.6 Å². The van der Waals surface area contributed by atoms with Crippen molar-refractivity contribution in [2.75, 3.05) is 5.32 Å². The van der Waals surface area contributed by atoms with E-state index >= 15 is 0 Å². The van der Waals surface area contributed by atoms with Gasteiger partial charge in [0.15, 0.2) is 0 Å². The van der Waals surface area contributed by atoms with Crippen molar-refractivity contribution in [2.24, 2.45) is 0 Å². The summed E-state index contributed by atoms with van der Waals surface area (Å²) < 4.78 is 0. The maximum atomic E-state index is 10.9. The molecule has 1 aliphatic rings. The highest BCUT2D eigenvalue weighted by Crippen LogP contribution is 2.27. The van der Waals surface area contributed by atoms with Gasteiger partial charge in [-0.3, -0.25) is 10.1 Å². The molecule has 0 bridgehead atoms. The molecule has 2 N–H and O–H groups in total. The summed E-state index contributed by atoms with van der Waals surface area (Å²) in [6, 6.07) is 6.60. The maximum Gasteiger partial charge on any atom is 0.265 e. The van der Waals surface area contributed by atoms with Crippen LogP contribution >= 0.6 is 0 Å². The fourth-order valence-corrected chi connectivity index (χ4v) is 1.98. The molecule has 0 saturated heterocycles. The van der Waals surface area contributed by atoms with Crippen molar-refractivity contribution in [3.05, 3.63) is 45.8 Å². The van der Waals surface area contributed by atoms with E-state index in [0.717, 1.165) is 12.8 Å². The molecule has 5 heteroatoms. The van der Waals surface area contributed by atoms with Crippen LogP contribution < -0.4 is 5.32 Å². The second-order valence-electron chi connectivity index (χ2n) is 4.06. The molecule has 0 spiro atoms. The lowest BCUT2D eigenvalue weighted by atomic mass is 10.0. The van der Waals surface area contributed by atoms with Gasteiger partial charge < -0.3 is 10.4 Å². The molecule has 0 fully saturated rings. The lowest BCUT2D eigenvalue weighted by molar-refractivity contribution is -0.430. The summed E-state index contributed by atoms with van der Waals surface area (Å²) >= 11 is 0. The van der Waals surface area contributed by atoms with Gasteiger partial charge in [0.1, 0.15) is 5.75 Å². The minimum atomic E-state index is -0.315. The molecule has 0 amide bonds. The van der Waals surface area contributed by atoms with Crippen molar-refractivity contribution in [3.63, 3.8) is 0 Å². The van der Waals surface area contributed by atoms with E-state index in [9.17, 15) is 15.2 Å². The number of rotatable bonds is 3. The highest BCUT2D eigenvalue weighted by molar-refractivity contribution is 5.52. The molecular formula is C12H14N2O3. The van der Waals surface area contributed by atoms with Crippen molar-refractivity contribution in [1.82, 2.24) is 0 Å². The van der Waals surface area contributed by atoms with Crippen LogP contribution in [-0.2, 0) is 0 Å². The smallest absolute Gasteiger partial charge is 0.265 e. The minimum absolute atomic E-state index is 0.147. The molecule has 1 aromatic rings. The fraction of sp³-hybridized carbons (Fsp3) is 0.333. The van der Waals surface area contributed by atoms with Gasteiger partial charge in [-0.25, -0.2) is 0 Å². The molecule has 0 aromatic heterocycles. The Morgan fingerprint density at radius 3 is 2.76 bits per heavy atom. The summed E-state index contributed by atoms with van der Waals surface area (Å²) in [5, 5.41) is 23.2. The Labute approximate surface area is 98.9 Å². The normalized spacial score (nSPS) is 15.8. The summed E-state index contributed by atoms with van der Waals surface area (Å²) in [4.78, 5) is 10.6. The van der Waals surface area contributed by atoms with Crippen molar-refractivity contribution in [2.45, 2.75) is 25.7 Å². The van der Waals surface area contributed by atoms with Crippen LogP contribution in [0.5, 0.6) is 5.75 Å². The number of hydrogen-bond acceptors (Lipinski definition) is 4. The van der Waals surface area contributed by atoms with Gasteiger partial charge in [-0.05, 0) is 31.4 Å². The number of phenols is 1. The van der Waals surface area contributed by atoms with Gasteiger partial charge in [0.25, 0.3) is 5.70 Å². The Morgan fingerprint density at radius 2 is 2.06 bits per heavy atom. The third kappa shape index (κ3) is 2.75. The Kier molecular flexibility index (Phi) is 3.27. The molecule has 0 unspecified atom stereocenters. The van der Waals surface area contributed by atoms with Crippen LogP contribution in [0.15, 0.2) is 35.7 Å². The predicted octanol–water partition coefficient (Wildman–Crippen LogP) is 2.87. The van der Waals surface area contributed by atoms with Gasteiger partial charge in [-0.2, -0.15) is 0 Å². The van der Waals surface area contributed by atoms with Gasteiger partial charge in [-0.15, -0.1) is 0 Å². The number of anilines is 1. The molecular weight excluding hydrogens is 220 g/mol. The first-order valence-corrected chi connectivity index (χ1v) is 5.59. The van der Waals surface area contributed by atoms with Crippen molar-refractivity contribution < 1.29 is 10.0 Å². The summed E-state index contributed by atoms with van der Waals surface area (Å²) in [5.41, 5.74) is 1.60. The zero-order valence-corrected chi connectivity index (χ0v) is 9.35. The molecule has 5 nitrogen and oxygen atoms in total. The number of allylic oxidation sites excluding steroid dienone is 2. The number of benzene rings is 1. The maximum absolute atomic E-state index is 10.9. The summed E-state index contributed by atoms with van der Waals surface area (Å²) in [5.74, 6) is 0.147. The van der Waals surface area contributed by atoms with E-state index in [-0.39, 0.29) is 16.4 Å². The Morgan fingerprint density at radius 1 is 1.29 bits per heavy atom. The molecule has 0 heterocycles. The molecule has 2 rings (SSSR count). The number of nitro groups is 1. The zero-order valence-electron chi connectivity index (χ0n) is 9.35. The van der Waals surface area contributed by atoms with Gasteiger partial charge in [0.2, 0.25) is 0 Å². The second kappa shape index (κ2) is 4.86. The van der Waals surface area contributed by atoms with Crippen molar-refractivity contribution >= 4 is 5.69 Å². The first kappa shape index (κ1) is 11.4. The van der Waals surface area contributed by atoms with E-state index in [1.165, 1.54) is 0 Å². The third-order valence-electron chi connectivity index (χ3n) is 2.80. The number of nitrogens with zero attached hydrogens (tertiary/aromatic N) is 1. The van der Waals surface area contributed by atoms with Gasteiger partial charge in [-0.1, -0.05) is 6.07 Å². The van der Waals surface area contributed by atoms with Crippen LogP contribution in [0.3, 0.4) is 0 Å². The Bertz CT molecular complexity index is 469. The Balaban J connectivity index is 2.24. The number of phenolic OH excluding ortho intramolecular Hbond substituents is 1. The molecule has 0 radical (unpaired) electrons. The van der Waals surface area contributed by atoms with E-state index in [2.05, 4.69) is 5.32 Å². The predicted molar refractivity (Wildman–Crippen MR) is 64.2 cm³/mol. The summed E-state index contributed by atoms with van der Waals surface area (Å²) in [6.45, 7) is 0. The van der Waals surface area contributed by atoms with Gasteiger partial charge >= 0.3 is 0 Å². The average Bonchev–Trinajstić information content (AvgIpc) is 2.29. The highest BCUT2D eigenvalue weighted by Gasteiger charge is 2.22. The van der Waals surface area contributed by atoms with E-state index in [4.69, 9.17) is 0 Å². The van der Waals surface area contributed by atoms with Crippen LogP contribution in [0.1, 0.15) is 25.7 Å². The quantitative estimate of drug-likeness (QED) is 0.622. The molecule has 0 atom stereocenters.